The van der Waals surface area contributed by atoms with Crippen molar-refractivity contribution in [2.75, 3.05) is 6.61 Å². The summed E-state index contributed by atoms with van der Waals surface area (Å²) in [5, 5.41) is 35.8. The van der Waals surface area contributed by atoms with Gasteiger partial charge in [-0.05, 0) is 37.1 Å². The van der Waals surface area contributed by atoms with E-state index in [0.717, 1.165) is 6.92 Å². The molecular formula is C31H38O11. The molecule has 3 fully saturated rings. The summed E-state index contributed by atoms with van der Waals surface area (Å²) in [7, 11) is 0. The van der Waals surface area contributed by atoms with Crippen LogP contribution < -0.4 is 0 Å². The van der Waals surface area contributed by atoms with Crippen molar-refractivity contribution in [1.82, 2.24) is 0 Å². The molecule has 11 heteroatoms. The topological polar surface area (TPSA) is 166 Å². The minimum atomic E-state index is -2.11. The molecule has 5 rings (SSSR count). The fraction of sp³-hybridized carbons (Fsp3) is 0.613. The van der Waals surface area contributed by atoms with E-state index < -0.39 is 82.2 Å². The largest absolute Gasteiger partial charge is 0.455 e. The third-order valence-electron chi connectivity index (χ3n) is 10.2. The molecule has 3 N–H and O–H groups in total. The van der Waals surface area contributed by atoms with Crippen LogP contribution in [0.15, 0.2) is 41.5 Å². The van der Waals surface area contributed by atoms with Crippen molar-refractivity contribution in [3.63, 3.8) is 0 Å². The van der Waals surface area contributed by atoms with Crippen LogP contribution in [-0.2, 0) is 33.3 Å². The Morgan fingerprint density at radius 3 is 2.19 bits per heavy atom. The second-order valence-electron chi connectivity index (χ2n) is 12.8. The Bertz CT molecular complexity index is 1350. The van der Waals surface area contributed by atoms with E-state index in [1.807, 2.05) is 0 Å². The average Bonchev–Trinajstić information content (AvgIpc) is 2.90. The van der Waals surface area contributed by atoms with E-state index in [-0.39, 0.29) is 30.6 Å². The Labute approximate surface area is 243 Å². The molecule has 3 aliphatic carbocycles. The highest BCUT2D eigenvalue weighted by Gasteiger charge is 2.78. The van der Waals surface area contributed by atoms with E-state index in [1.54, 1.807) is 39.0 Å². The van der Waals surface area contributed by atoms with Gasteiger partial charge in [0.05, 0.1) is 35.7 Å². The maximum absolute atomic E-state index is 14.8. The highest BCUT2D eigenvalue weighted by Crippen LogP contribution is 2.64. The molecule has 1 aromatic carbocycles. The number of rotatable bonds is 4. The summed E-state index contributed by atoms with van der Waals surface area (Å²) in [4.78, 5) is 53.4. The van der Waals surface area contributed by atoms with Crippen molar-refractivity contribution in [3.8, 4) is 0 Å². The maximum Gasteiger partial charge on any atom is 0.338 e. The Kier molecular flexibility index (Phi) is 7.20. The van der Waals surface area contributed by atoms with Gasteiger partial charge in [-0.3, -0.25) is 14.4 Å². The zero-order valence-corrected chi connectivity index (χ0v) is 24.6. The standard InChI is InChI=1S/C31H38O11/c1-15-19(34)13-31(38)26(41-27(37)18-10-8-7-9-11-18)24-29(6,20(35)12-21-30(24,14-39-21)42-17(3)33)25(36)23(40-16(2)32)22(15)28(31,4)5/h7-11,19-21,23-24,26,34-35,38H,12-14H2,1-6H3/t19-,20-,21?,23+,24?,26-,29+,30-,31+/m0/s1. The molecule has 1 aromatic rings. The van der Waals surface area contributed by atoms with Gasteiger partial charge < -0.3 is 34.3 Å². The normalized spacial score (nSPS) is 40.4. The van der Waals surface area contributed by atoms with Crippen molar-refractivity contribution in [2.24, 2.45) is 16.7 Å². The first kappa shape index (κ1) is 30.3. The molecule has 11 nitrogen and oxygen atoms in total. The second-order valence-corrected chi connectivity index (χ2v) is 12.8. The highest BCUT2D eigenvalue weighted by molar-refractivity contribution is 5.95. The zero-order chi connectivity index (χ0) is 31.0. The molecular weight excluding hydrogens is 548 g/mol. The number of hydrogen-bond acceptors (Lipinski definition) is 11. The van der Waals surface area contributed by atoms with Gasteiger partial charge in [0.1, 0.15) is 17.8 Å². The van der Waals surface area contributed by atoms with E-state index in [9.17, 15) is 34.5 Å². The Hall–Kier alpha value is -3.12. The van der Waals surface area contributed by atoms with Gasteiger partial charge in [0, 0.05) is 32.1 Å². The number of hydrogen-bond donors (Lipinski definition) is 3. The molecule has 1 aliphatic heterocycles. The monoisotopic (exact) mass is 586 g/mol. The molecule has 0 radical (unpaired) electrons. The average molecular weight is 587 g/mol. The van der Waals surface area contributed by atoms with Crippen LogP contribution in [-0.4, -0.2) is 87.3 Å². The van der Waals surface area contributed by atoms with Crippen molar-refractivity contribution in [1.29, 1.82) is 0 Å². The Morgan fingerprint density at radius 1 is 1.00 bits per heavy atom. The molecule has 228 valence electrons. The van der Waals surface area contributed by atoms with Crippen LogP contribution >= 0.6 is 0 Å². The smallest absolute Gasteiger partial charge is 0.338 e. The SMILES string of the molecule is CC(=O)O[C@H]1C(=O)[C@@]2(C)C([C@H](OC(=O)c3ccccc3)[C@]3(O)C[C@H](O)C(C)=C1C3(C)C)[C@]1(OC(C)=O)COC1C[C@@H]2O. The number of carbonyl (C=O) groups is 4. The van der Waals surface area contributed by atoms with Gasteiger partial charge in [0.2, 0.25) is 0 Å². The summed E-state index contributed by atoms with van der Waals surface area (Å²) in [5.74, 6) is -4.41. The van der Waals surface area contributed by atoms with E-state index in [4.69, 9.17) is 18.9 Å². The van der Waals surface area contributed by atoms with Crippen LogP contribution in [0, 0.1) is 16.7 Å². The van der Waals surface area contributed by atoms with E-state index in [1.165, 1.54) is 26.0 Å². The number of esters is 3. The number of carbonyl (C=O) groups excluding carboxylic acids is 4. The molecule has 42 heavy (non-hydrogen) atoms. The summed E-state index contributed by atoms with van der Waals surface area (Å²) >= 11 is 0. The van der Waals surface area contributed by atoms with Gasteiger partial charge >= 0.3 is 17.9 Å². The Balaban J connectivity index is 1.84. The summed E-state index contributed by atoms with van der Waals surface area (Å²) in [6.07, 6.45) is -7.27. The summed E-state index contributed by atoms with van der Waals surface area (Å²) in [6.45, 7) is 8.42. The lowest BCUT2D eigenvalue weighted by molar-refractivity contribution is -0.345. The van der Waals surface area contributed by atoms with Crippen LogP contribution in [0.3, 0.4) is 0 Å². The third-order valence-corrected chi connectivity index (χ3v) is 10.2. The number of Topliss-reactive ketones (excluding diaryl/α,β-unsaturated/α-hetero) is 1. The second kappa shape index (κ2) is 9.97. The molecule has 2 unspecified atom stereocenters. The number of fused-ring (bicyclic) bond motifs is 5. The maximum atomic E-state index is 14.8. The van der Waals surface area contributed by atoms with Crippen LogP contribution in [0.4, 0.5) is 0 Å². The highest BCUT2D eigenvalue weighted by atomic mass is 16.6. The van der Waals surface area contributed by atoms with Crippen LogP contribution in [0.2, 0.25) is 0 Å². The quantitative estimate of drug-likeness (QED) is 0.267. The zero-order valence-electron chi connectivity index (χ0n) is 24.6. The lowest BCUT2D eigenvalue weighted by atomic mass is 9.44. The number of ether oxygens (including phenoxy) is 4. The Morgan fingerprint density at radius 2 is 1.64 bits per heavy atom. The van der Waals surface area contributed by atoms with Crippen molar-refractivity contribution in [2.45, 2.75) is 96.1 Å². The molecule has 9 atom stereocenters. The van der Waals surface area contributed by atoms with Gasteiger partial charge in [0.25, 0.3) is 0 Å². The minimum absolute atomic E-state index is 0.110. The predicted octanol–water partition coefficient (Wildman–Crippen LogP) is 1.65. The predicted molar refractivity (Wildman–Crippen MR) is 145 cm³/mol. The van der Waals surface area contributed by atoms with Gasteiger partial charge in [-0.1, -0.05) is 32.0 Å². The molecule has 1 heterocycles. The number of ketones is 1. The molecule has 2 saturated carbocycles. The van der Waals surface area contributed by atoms with Crippen molar-refractivity contribution < 1.29 is 53.4 Å². The first-order valence-corrected chi connectivity index (χ1v) is 14.1. The summed E-state index contributed by atoms with van der Waals surface area (Å²) in [5.41, 5.74) is -6.38. The molecule has 4 aliphatic rings. The van der Waals surface area contributed by atoms with Gasteiger partial charge in [-0.25, -0.2) is 4.79 Å². The number of benzene rings is 1. The third kappa shape index (κ3) is 4.08. The summed E-state index contributed by atoms with van der Waals surface area (Å²) in [6, 6.07) is 8.05. The van der Waals surface area contributed by atoms with Crippen LogP contribution in [0.25, 0.3) is 0 Å². The number of aliphatic hydroxyl groups is 3. The number of aliphatic hydroxyl groups excluding tert-OH is 2. The summed E-state index contributed by atoms with van der Waals surface area (Å²) < 4.78 is 23.5. The molecule has 0 spiro atoms. The molecule has 0 amide bonds. The van der Waals surface area contributed by atoms with Crippen molar-refractivity contribution >= 4 is 23.7 Å². The lowest BCUT2D eigenvalue weighted by Gasteiger charge is -2.67. The fourth-order valence-electron chi connectivity index (χ4n) is 7.91. The van der Waals surface area contributed by atoms with E-state index >= 15 is 0 Å². The first-order valence-electron chi connectivity index (χ1n) is 14.1. The van der Waals surface area contributed by atoms with Gasteiger partial charge in [0.15, 0.2) is 17.5 Å². The molecule has 2 bridgehead atoms. The molecule has 1 saturated heterocycles. The van der Waals surface area contributed by atoms with E-state index in [2.05, 4.69) is 0 Å². The van der Waals surface area contributed by atoms with Gasteiger partial charge in [-0.15, -0.1) is 0 Å². The minimum Gasteiger partial charge on any atom is -0.455 e. The van der Waals surface area contributed by atoms with Gasteiger partial charge in [-0.2, -0.15) is 0 Å². The van der Waals surface area contributed by atoms with Crippen LogP contribution in [0.5, 0.6) is 0 Å². The fourth-order valence-corrected chi connectivity index (χ4v) is 7.91. The first-order chi connectivity index (χ1) is 19.5. The lowest BCUT2D eigenvalue weighted by Crippen LogP contribution is -2.81. The van der Waals surface area contributed by atoms with E-state index in [0.29, 0.717) is 5.57 Å². The molecule has 0 aromatic heterocycles. The van der Waals surface area contributed by atoms with Crippen LogP contribution in [0.1, 0.15) is 64.7 Å². The van der Waals surface area contributed by atoms with Crippen molar-refractivity contribution in [3.05, 3.63) is 47.0 Å².